The van der Waals surface area contributed by atoms with E-state index in [0.717, 1.165) is 36.6 Å². The number of nitrogens with one attached hydrogen (secondary N) is 1. The van der Waals surface area contributed by atoms with Crippen LogP contribution in [0.15, 0.2) is 60.2 Å². The SMILES string of the molecule is CCOc1cc(CNCCC2=CCCCC2)ccc1OCc1ccccc1. The topological polar surface area (TPSA) is 30.5 Å². The van der Waals surface area contributed by atoms with E-state index in [1.807, 2.05) is 31.2 Å². The summed E-state index contributed by atoms with van der Waals surface area (Å²) in [7, 11) is 0. The Hall–Kier alpha value is -2.26. The predicted molar refractivity (Wildman–Crippen MR) is 111 cm³/mol. The zero-order chi connectivity index (χ0) is 18.7. The molecule has 0 fully saturated rings. The first-order chi connectivity index (χ1) is 13.3. The monoisotopic (exact) mass is 365 g/mol. The molecule has 0 saturated heterocycles. The second-order valence-electron chi connectivity index (χ2n) is 7.02. The Morgan fingerprint density at radius 3 is 2.59 bits per heavy atom. The summed E-state index contributed by atoms with van der Waals surface area (Å²) in [6.45, 7) is 5.07. The predicted octanol–water partition coefficient (Wildman–Crippen LogP) is 5.64. The van der Waals surface area contributed by atoms with E-state index in [9.17, 15) is 0 Å². The molecule has 0 unspecified atom stereocenters. The molecule has 0 aliphatic heterocycles. The molecule has 2 aromatic rings. The van der Waals surface area contributed by atoms with E-state index in [0.29, 0.717) is 13.2 Å². The van der Waals surface area contributed by atoms with E-state index >= 15 is 0 Å². The summed E-state index contributed by atoms with van der Waals surface area (Å²) in [5.41, 5.74) is 4.00. The Morgan fingerprint density at radius 1 is 0.926 bits per heavy atom. The van der Waals surface area contributed by atoms with Gasteiger partial charge in [0, 0.05) is 6.54 Å². The molecule has 3 rings (SSSR count). The van der Waals surface area contributed by atoms with E-state index < -0.39 is 0 Å². The van der Waals surface area contributed by atoms with Gasteiger partial charge in [0.1, 0.15) is 6.61 Å². The summed E-state index contributed by atoms with van der Waals surface area (Å²) in [4.78, 5) is 0. The van der Waals surface area contributed by atoms with Crippen molar-refractivity contribution in [3.63, 3.8) is 0 Å². The molecule has 1 aliphatic rings. The van der Waals surface area contributed by atoms with Gasteiger partial charge in [0.05, 0.1) is 6.61 Å². The molecular formula is C24H31NO2. The van der Waals surface area contributed by atoms with Gasteiger partial charge in [-0.25, -0.2) is 0 Å². The molecule has 0 spiro atoms. The molecule has 0 amide bonds. The molecule has 0 radical (unpaired) electrons. The van der Waals surface area contributed by atoms with Crippen molar-refractivity contribution in [3.05, 3.63) is 71.3 Å². The van der Waals surface area contributed by atoms with Gasteiger partial charge in [-0.15, -0.1) is 0 Å². The third kappa shape index (κ3) is 6.44. The first kappa shape index (κ1) is 19.5. The van der Waals surface area contributed by atoms with Crippen molar-refractivity contribution in [2.45, 2.75) is 52.2 Å². The fourth-order valence-electron chi connectivity index (χ4n) is 3.40. The van der Waals surface area contributed by atoms with E-state index in [1.54, 1.807) is 5.57 Å². The maximum absolute atomic E-state index is 5.98. The van der Waals surface area contributed by atoms with Crippen molar-refractivity contribution in [1.82, 2.24) is 5.32 Å². The lowest BCUT2D eigenvalue weighted by Gasteiger charge is -2.15. The smallest absolute Gasteiger partial charge is 0.161 e. The van der Waals surface area contributed by atoms with E-state index in [1.165, 1.54) is 31.2 Å². The van der Waals surface area contributed by atoms with E-state index in [4.69, 9.17) is 9.47 Å². The maximum Gasteiger partial charge on any atom is 0.161 e. The Bertz CT molecular complexity index is 724. The van der Waals surface area contributed by atoms with Gasteiger partial charge in [-0.05, 0) is 68.8 Å². The molecule has 0 atom stereocenters. The molecular weight excluding hydrogens is 334 g/mol. The normalized spacial score (nSPS) is 13.9. The van der Waals surface area contributed by atoms with Crippen LogP contribution in [0.4, 0.5) is 0 Å². The van der Waals surface area contributed by atoms with Crippen molar-refractivity contribution in [2.75, 3.05) is 13.2 Å². The standard InChI is InChI=1S/C24H31NO2/c1-2-26-24-17-22(18-25-16-15-20-9-5-3-6-10-20)13-14-23(24)27-19-21-11-7-4-8-12-21/h4,7-9,11-14,17,25H,2-3,5-6,10,15-16,18-19H2,1H3. The van der Waals surface area contributed by atoms with Crippen molar-refractivity contribution < 1.29 is 9.47 Å². The van der Waals surface area contributed by atoms with Crippen LogP contribution >= 0.6 is 0 Å². The molecule has 0 aromatic heterocycles. The Labute approximate surface area is 163 Å². The minimum atomic E-state index is 0.549. The van der Waals surface area contributed by atoms with Crippen LogP contribution in [0, 0.1) is 0 Å². The molecule has 27 heavy (non-hydrogen) atoms. The maximum atomic E-state index is 5.98. The minimum Gasteiger partial charge on any atom is -0.490 e. The van der Waals surface area contributed by atoms with Crippen LogP contribution in [-0.4, -0.2) is 13.2 Å². The van der Waals surface area contributed by atoms with Gasteiger partial charge in [0.15, 0.2) is 11.5 Å². The summed E-state index contributed by atoms with van der Waals surface area (Å²) in [5, 5.41) is 3.56. The number of hydrogen-bond donors (Lipinski definition) is 1. The Balaban J connectivity index is 1.51. The van der Waals surface area contributed by atoms with Crippen LogP contribution in [0.25, 0.3) is 0 Å². The number of rotatable bonds is 10. The van der Waals surface area contributed by atoms with Gasteiger partial charge in [0.2, 0.25) is 0 Å². The second kappa shape index (κ2) is 10.8. The number of ether oxygens (including phenoxy) is 2. The number of benzene rings is 2. The highest BCUT2D eigenvalue weighted by Crippen LogP contribution is 2.29. The lowest BCUT2D eigenvalue weighted by atomic mass is 9.97. The van der Waals surface area contributed by atoms with Gasteiger partial charge < -0.3 is 14.8 Å². The molecule has 3 heteroatoms. The molecule has 144 valence electrons. The minimum absolute atomic E-state index is 0.549. The van der Waals surface area contributed by atoms with Gasteiger partial charge in [-0.2, -0.15) is 0 Å². The first-order valence-electron chi connectivity index (χ1n) is 10.2. The molecule has 1 aliphatic carbocycles. The third-order valence-corrected chi connectivity index (χ3v) is 4.88. The van der Waals surface area contributed by atoms with Gasteiger partial charge >= 0.3 is 0 Å². The Morgan fingerprint density at radius 2 is 1.81 bits per heavy atom. The van der Waals surface area contributed by atoms with E-state index in [2.05, 4.69) is 35.7 Å². The number of hydrogen-bond acceptors (Lipinski definition) is 3. The van der Waals surface area contributed by atoms with Crippen LogP contribution in [0.3, 0.4) is 0 Å². The molecule has 0 heterocycles. The first-order valence-corrected chi connectivity index (χ1v) is 10.2. The van der Waals surface area contributed by atoms with Crippen LogP contribution in [0.5, 0.6) is 11.5 Å². The van der Waals surface area contributed by atoms with Gasteiger partial charge in [-0.1, -0.05) is 48.0 Å². The van der Waals surface area contributed by atoms with Gasteiger partial charge in [0.25, 0.3) is 0 Å². The molecule has 0 bridgehead atoms. The van der Waals surface area contributed by atoms with Crippen molar-refractivity contribution in [3.8, 4) is 11.5 Å². The van der Waals surface area contributed by atoms with Crippen molar-refractivity contribution >= 4 is 0 Å². The van der Waals surface area contributed by atoms with Crippen LogP contribution in [0.1, 0.15) is 50.2 Å². The van der Waals surface area contributed by atoms with Crippen LogP contribution in [0.2, 0.25) is 0 Å². The highest BCUT2D eigenvalue weighted by Gasteiger charge is 2.08. The largest absolute Gasteiger partial charge is 0.490 e. The third-order valence-electron chi connectivity index (χ3n) is 4.88. The summed E-state index contributed by atoms with van der Waals surface area (Å²) in [6.07, 6.45) is 8.85. The molecule has 0 saturated carbocycles. The highest BCUT2D eigenvalue weighted by molar-refractivity contribution is 5.43. The quantitative estimate of drug-likeness (QED) is 0.436. The molecule has 2 aromatic carbocycles. The van der Waals surface area contributed by atoms with Gasteiger partial charge in [-0.3, -0.25) is 0 Å². The lowest BCUT2D eigenvalue weighted by Crippen LogP contribution is -2.15. The van der Waals surface area contributed by atoms with Crippen molar-refractivity contribution in [1.29, 1.82) is 0 Å². The fraction of sp³-hybridized carbons (Fsp3) is 0.417. The summed E-state index contributed by atoms with van der Waals surface area (Å²) < 4.78 is 11.8. The van der Waals surface area contributed by atoms with Crippen LogP contribution < -0.4 is 14.8 Å². The molecule has 1 N–H and O–H groups in total. The zero-order valence-electron chi connectivity index (χ0n) is 16.4. The highest BCUT2D eigenvalue weighted by atomic mass is 16.5. The number of allylic oxidation sites excluding steroid dienone is 1. The fourth-order valence-corrected chi connectivity index (χ4v) is 3.40. The second-order valence-corrected chi connectivity index (χ2v) is 7.02. The zero-order valence-corrected chi connectivity index (χ0v) is 16.4. The van der Waals surface area contributed by atoms with Crippen molar-refractivity contribution in [2.24, 2.45) is 0 Å². The summed E-state index contributed by atoms with van der Waals surface area (Å²) in [5.74, 6) is 1.62. The lowest BCUT2D eigenvalue weighted by molar-refractivity contribution is 0.269. The molecule has 3 nitrogen and oxygen atoms in total. The Kier molecular flexibility index (Phi) is 7.79. The van der Waals surface area contributed by atoms with E-state index in [-0.39, 0.29) is 0 Å². The van der Waals surface area contributed by atoms with Crippen LogP contribution in [-0.2, 0) is 13.2 Å². The summed E-state index contributed by atoms with van der Waals surface area (Å²) in [6, 6.07) is 16.4. The summed E-state index contributed by atoms with van der Waals surface area (Å²) >= 11 is 0. The average molecular weight is 366 g/mol. The average Bonchev–Trinajstić information content (AvgIpc) is 2.72.